The van der Waals surface area contributed by atoms with Crippen molar-refractivity contribution >= 4 is 56.0 Å². The van der Waals surface area contributed by atoms with Gasteiger partial charge in [-0.15, -0.1) is 0 Å². The van der Waals surface area contributed by atoms with Gasteiger partial charge in [0.15, 0.2) is 15.7 Å². The molecule has 0 bridgehead atoms. The van der Waals surface area contributed by atoms with Gasteiger partial charge < -0.3 is 24.5 Å². The second-order valence-electron chi connectivity index (χ2n) is 11.7. The van der Waals surface area contributed by atoms with Gasteiger partial charge in [-0.25, -0.2) is 22.8 Å². The van der Waals surface area contributed by atoms with Crippen LogP contribution in [0.3, 0.4) is 0 Å². The Hall–Kier alpha value is -4.01. The predicted octanol–water partition coefficient (Wildman–Crippen LogP) is 2.99. The number of hydrogen-bond acceptors (Lipinski definition) is 9. The van der Waals surface area contributed by atoms with Gasteiger partial charge in [0.1, 0.15) is 12.7 Å². The number of carbonyl (C=O) groups excluding carboxylic acids is 4. The Morgan fingerprint density at radius 2 is 1.81 bits per heavy atom. The van der Waals surface area contributed by atoms with Crippen molar-refractivity contribution in [3.8, 4) is 0 Å². The highest BCUT2D eigenvalue weighted by atomic mass is 35.5. The fraction of sp³-hybridized carbons (Fsp3) is 0.469. The van der Waals surface area contributed by atoms with Gasteiger partial charge in [0.05, 0.1) is 35.5 Å². The lowest BCUT2D eigenvalue weighted by molar-refractivity contribution is -0.146. The lowest BCUT2D eigenvalue weighted by Crippen LogP contribution is -2.50. The SMILES string of the molecule is CCC(=O)N(CC)CCC(=O)OCc1ncc2n1C(=O)N(C1CCN(C(=O)[C@H](O)CS(=O)(=O)c3ccc4cc(Cl)ccc4c3)CC1)C2. The summed E-state index contributed by atoms with van der Waals surface area (Å²) in [6.45, 7) is 4.96. The molecule has 0 aliphatic carbocycles. The highest BCUT2D eigenvalue weighted by Crippen LogP contribution is 2.28. The second-order valence-corrected chi connectivity index (χ2v) is 14.1. The van der Waals surface area contributed by atoms with Crippen molar-refractivity contribution in [2.24, 2.45) is 0 Å². The summed E-state index contributed by atoms with van der Waals surface area (Å²) < 4.78 is 32.9. The number of sulfone groups is 1. The van der Waals surface area contributed by atoms with Gasteiger partial charge in [0, 0.05) is 43.7 Å². The number of amides is 3. The van der Waals surface area contributed by atoms with Gasteiger partial charge in [0.25, 0.3) is 5.91 Å². The number of hydrogen-bond donors (Lipinski definition) is 1. The smallest absolute Gasteiger partial charge is 0.330 e. The number of esters is 1. The lowest BCUT2D eigenvalue weighted by atomic mass is 10.0. The Morgan fingerprint density at radius 3 is 2.51 bits per heavy atom. The van der Waals surface area contributed by atoms with E-state index < -0.39 is 33.6 Å². The third-order valence-corrected chi connectivity index (χ3v) is 10.6. The number of ether oxygens (including phenoxy) is 1. The number of fused-ring (bicyclic) bond motifs is 2. The van der Waals surface area contributed by atoms with E-state index in [1.807, 2.05) is 6.92 Å². The third kappa shape index (κ3) is 7.60. The van der Waals surface area contributed by atoms with E-state index in [-0.39, 0.29) is 55.5 Å². The van der Waals surface area contributed by atoms with E-state index in [0.717, 1.165) is 5.39 Å². The number of halogens is 1. The quantitative estimate of drug-likeness (QED) is 0.283. The first-order valence-electron chi connectivity index (χ1n) is 15.6. The van der Waals surface area contributed by atoms with Crippen LogP contribution in [-0.2, 0) is 42.1 Å². The van der Waals surface area contributed by atoms with E-state index in [9.17, 15) is 32.7 Å². The van der Waals surface area contributed by atoms with Crippen LogP contribution in [0.25, 0.3) is 10.8 Å². The molecule has 0 radical (unpaired) electrons. The molecule has 13 nitrogen and oxygen atoms in total. The number of imidazole rings is 1. The van der Waals surface area contributed by atoms with E-state index in [0.29, 0.717) is 54.3 Å². The minimum Gasteiger partial charge on any atom is -0.457 e. The number of aromatic nitrogens is 2. The van der Waals surface area contributed by atoms with Crippen molar-refractivity contribution in [1.29, 1.82) is 0 Å². The standard InChI is InChI=1S/C32H38ClN5O8S/c1-3-29(40)35(4-2)14-11-30(41)46-19-28-34-17-25-18-37(32(43)38(25)28)24-9-12-36(13-10-24)31(42)27(39)20-47(44,45)26-8-6-21-15-23(33)7-5-22(21)16-26/h5-8,15-17,24,27,39H,3-4,9-14,18-20H2,1-2H3/t27-/m1/s1. The molecule has 1 N–H and O–H groups in total. The summed E-state index contributed by atoms with van der Waals surface area (Å²) in [4.78, 5) is 59.6. The Kier molecular flexibility index (Phi) is 10.5. The third-order valence-electron chi connectivity index (χ3n) is 8.67. The molecule has 2 aromatic carbocycles. The summed E-state index contributed by atoms with van der Waals surface area (Å²) in [5.74, 6) is -1.67. The van der Waals surface area contributed by atoms with E-state index >= 15 is 0 Å². The van der Waals surface area contributed by atoms with Crippen molar-refractivity contribution in [1.82, 2.24) is 24.3 Å². The molecule has 1 saturated heterocycles. The maximum atomic E-state index is 13.4. The lowest BCUT2D eigenvalue weighted by Gasteiger charge is -2.37. The zero-order valence-electron chi connectivity index (χ0n) is 26.3. The summed E-state index contributed by atoms with van der Waals surface area (Å²) in [7, 11) is -3.97. The first kappa shape index (κ1) is 34.3. The van der Waals surface area contributed by atoms with Gasteiger partial charge in [-0.2, -0.15) is 0 Å². The summed E-state index contributed by atoms with van der Waals surface area (Å²) in [5, 5.41) is 12.6. The summed E-state index contributed by atoms with van der Waals surface area (Å²) >= 11 is 6.01. The summed E-state index contributed by atoms with van der Waals surface area (Å²) in [6.07, 6.45) is 1.10. The molecule has 0 unspecified atom stereocenters. The largest absolute Gasteiger partial charge is 0.457 e. The molecule has 2 aliphatic heterocycles. The Morgan fingerprint density at radius 1 is 1.11 bits per heavy atom. The highest BCUT2D eigenvalue weighted by molar-refractivity contribution is 7.91. The number of aliphatic hydroxyl groups excluding tert-OH is 1. The fourth-order valence-electron chi connectivity index (χ4n) is 6.03. The van der Waals surface area contributed by atoms with Crippen LogP contribution < -0.4 is 0 Å². The molecule has 3 amide bonds. The van der Waals surface area contributed by atoms with Crippen LogP contribution in [0.4, 0.5) is 4.79 Å². The first-order chi connectivity index (χ1) is 22.4. The predicted molar refractivity (Wildman–Crippen MR) is 172 cm³/mol. The molecule has 15 heteroatoms. The average Bonchev–Trinajstić information content (AvgIpc) is 3.62. The van der Waals surface area contributed by atoms with Crippen LogP contribution in [0.2, 0.25) is 5.02 Å². The second kappa shape index (κ2) is 14.4. The Labute approximate surface area is 277 Å². The van der Waals surface area contributed by atoms with Crippen molar-refractivity contribution in [2.45, 2.75) is 69.7 Å². The zero-order valence-corrected chi connectivity index (χ0v) is 27.9. The highest BCUT2D eigenvalue weighted by Gasteiger charge is 2.38. The van der Waals surface area contributed by atoms with Crippen LogP contribution >= 0.6 is 11.6 Å². The van der Waals surface area contributed by atoms with Gasteiger partial charge in [-0.05, 0) is 54.8 Å². The number of aliphatic hydroxyl groups is 1. The number of benzene rings is 2. The molecule has 47 heavy (non-hydrogen) atoms. The molecule has 2 aliphatic rings. The van der Waals surface area contributed by atoms with Crippen LogP contribution in [0.5, 0.6) is 0 Å². The molecule has 5 rings (SSSR count). The van der Waals surface area contributed by atoms with Crippen molar-refractivity contribution in [2.75, 3.05) is 31.9 Å². The van der Waals surface area contributed by atoms with E-state index in [1.165, 1.54) is 21.6 Å². The zero-order chi connectivity index (χ0) is 33.9. The van der Waals surface area contributed by atoms with Crippen LogP contribution in [-0.4, -0.2) is 106 Å². The maximum Gasteiger partial charge on any atom is 0.330 e. The topological polar surface area (TPSA) is 159 Å². The molecular formula is C32H38ClN5O8S. The van der Waals surface area contributed by atoms with Crippen LogP contribution in [0.1, 0.15) is 51.0 Å². The number of piperidine rings is 1. The molecule has 3 heterocycles. The summed E-state index contributed by atoms with van der Waals surface area (Å²) in [6, 6.07) is 9.15. The number of rotatable bonds is 12. The minimum atomic E-state index is -3.97. The number of likely N-dealkylation sites (tertiary alicyclic amines) is 1. The van der Waals surface area contributed by atoms with Gasteiger partial charge >= 0.3 is 12.0 Å². The van der Waals surface area contributed by atoms with Crippen molar-refractivity contribution in [3.63, 3.8) is 0 Å². The van der Waals surface area contributed by atoms with Gasteiger partial charge in [-0.3, -0.25) is 14.4 Å². The normalized spacial score (nSPS) is 16.0. The van der Waals surface area contributed by atoms with E-state index in [1.54, 1.807) is 47.2 Å². The minimum absolute atomic E-state index is 0.00422. The Bertz CT molecular complexity index is 1790. The van der Waals surface area contributed by atoms with E-state index in [4.69, 9.17) is 16.3 Å². The molecule has 0 spiro atoms. The molecule has 0 saturated carbocycles. The van der Waals surface area contributed by atoms with Crippen LogP contribution in [0.15, 0.2) is 47.5 Å². The molecule has 3 aromatic rings. The number of nitrogens with zero attached hydrogens (tertiary/aromatic N) is 5. The van der Waals surface area contributed by atoms with Crippen molar-refractivity contribution in [3.05, 3.63) is 59.1 Å². The van der Waals surface area contributed by atoms with Crippen molar-refractivity contribution < 1.29 is 37.4 Å². The van der Waals surface area contributed by atoms with Gasteiger partial charge in [0.2, 0.25) is 5.91 Å². The molecular weight excluding hydrogens is 650 g/mol. The molecule has 1 aromatic heterocycles. The molecule has 1 fully saturated rings. The number of carbonyl (C=O) groups is 4. The van der Waals surface area contributed by atoms with Crippen LogP contribution in [0, 0.1) is 0 Å². The summed E-state index contributed by atoms with van der Waals surface area (Å²) in [5.41, 5.74) is 0.655. The Balaban J connectivity index is 1.11. The maximum absolute atomic E-state index is 13.4. The monoisotopic (exact) mass is 687 g/mol. The average molecular weight is 688 g/mol. The van der Waals surface area contributed by atoms with E-state index in [2.05, 4.69) is 4.98 Å². The first-order valence-corrected chi connectivity index (χ1v) is 17.6. The fourth-order valence-corrected chi connectivity index (χ4v) is 7.54. The molecule has 252 valence electrons. The van der Waals surface area contributed by atoms with Gasteiger partial charge in [-0.1, -0.05) is 30.7 Å². The molecule has 1 atom stereocenters.